The molecule has 1 aromatic rings. The van der Waals surface area contributed by atoms with Crippen LogP contribution in [-0.4, -0.2) is 50.6 Å². The van der Waals surface area contributed by atoms with Gasteiger partial charge in [-0.15, -0.1) is 0 Å². The number of carbonyl (C=O) groups is 1. The average molecular weight is 352 g/mol. The highest BCUT2D eigenvalue weighted by Crippen LogP contribution is 2.37. The Labute approximate surface area is 148 Å². The van der Waals surface area contributed by atoms with E-state index in [0.717, 1.165) is 50.5 Å². The molecule has 2 aliphatic heterocycles. The van der Waals surface area contributed by atoms with Crippen LogP contribution < -0.4 is 15.4 Å². The SMILES string of the molecule is COc1ccc(Cl)cc1NCCC(=O)N1CCC2(CCNC2)CC1. The zero-order chi connectivity index (χ0) is 17.0. The molecule has 0 aromatic heterocycles. The summed E-state index contributed by atoms with van der Waals surface area (Å²) in [6, 6.07) is 5.44. The molecule has 5 nitrogen and oxygen atoms in total. The predicted molar refractivity (Wildman–Crippen MR) is 96.8 cm³/mol. The van der Waals surface area contributed by atoms with Crippen LogP contribution in [-0.2, 0) is 4.79 Å². The van der Waals surface area contributed by atoms with Gasteiger partial charge >= 0.3 is 0 Å². The Morgan fingerprint density at radius 3 is 2.83 bits per heavy atom. The molecule has 3 rings (SSSR count). The van der Waals surface area contributed by atoms with Crippen LogP contribution in [0.3, 0.4) is 0 Å². The molecule has 0 unspecified atom stereocenters. The van der Waals surface area contributed by atoms with Gasteiger partial charge < -0.3 is 20.3 Å². The zero-order valence-corrected chi connectivity index (χ0v) is 15.0. The molecular formula is C18H26ClN3O2. The van der Waals surface area contributed by atoms with Gasteiger partial charge in [-0.05, 0) is 49.4 Å². The summed E-state index contributed by atoms with van der Waals surface area (Å²) in [5, 5.41) is 7.36. The van der Waals surface area contributed by atoms with E-state index in [1.807, 2.05) is 17.0 Å². The van der Waals surface area contributed by atoms with E-state index in [9.17, 15) is 4.79 Å². The number of rotatable bonds is 5. The van der Waals surface area contributed by atoms with Crippen LogP contribution in [0.2, 0.25) is 5.02 Å². The van der Waals surface area contributed by atoms with Crippen LogP contribution in [0.5, 0.6) is 5.75 Å². The molecule has 2 N–H and O–H groups in total. The van der Waals surface area contributed by atoms with Crippen molar-refractivity contribution in [2.24, 2.45) is 5.41 Å². The first-order valence-corrected chi connectivity index (χ1v) is 9.06. The molecule has 132 valence electrons. The smallest absolute Gasteiger partial charge is 0.224 e. The Morgan fingerprint density at radius 1 is 1.38 bits per heavy atom. The summed E-state index contributed by atoms with van der Waals surface area (Å²) in [6.07, 6.45) is 3.99. The monoisotopic (exact) mass is 351 g/mol. The van der Waals surface area contributed by atoms with Gasteiger partial charge in [0.25, 0.3) is 0 Å². The van der Waals surface area contributed by atoms with Gasteiger partial charge in [-0.1, -0.05) is 11.6 Å². The fourth-order valence-corrected chi connectivity index (χ4v) is 3.91. The Kier molecular flexibility index (Phi) is 5.51. The summed E-state index contributed by atoms with van der Waals surface area (Å²) in [6.45, 7) is 4.60. The molecule has 0 radical (unpaired) electrons. The zero-order valence-electron chi connectivity index (χ0n) is 14.2. The van der Waals surface area contributed by atoms with Gasteiger partial charge in [-0.3, -0.25) is 4.79 Å². The Balaban J connectivity index is 1.45. The van der Waals surface area contributed by atoms with Crippen molar-refractivity contribution in [3.05, 3.63) is 23.2 Å². The Morgan fingerprint density at radius 2 is 2.17 bits per heavy atom. The number of nitrogens with zero attached hydrogens (tertiary/aromatic N) is 1. The molecular weight excluding hydrogens is 326 g/mol. The number of piperidine rings is 1. The number of ether oxygens (including phenoxy) is 1. The highest BCUT2D eigenvalue weighted by atomic mass is 35.5. The molecule has 24 heavy (non-hydrogen) atoms. The van der Waals surface area contributed by atoms with Gasteiger partial charge in [0.2, 0.25) is 5.91 Å². The van der Waals surface area contributed by atoms with Crippen LogP contribution in [0.1, 0.15) is 25.7 Å². The summed E-state index contributed by atoms with van der Waals surface area (Å²) in [4.78, 5) is 14.4. The summed E-state index contributed by atoms with van der Waals surface area (Å²) >= 11 is 6.02. The number of anilines is 1. The second-order valence-corrected chi connectivity index (χ2v) is 7.27. The number of nitrogens with one attached hydrogen (secondary N) is 2. The van der Waals surface area contributed by atoms with E-state index < -0.39 is 0 Å². The summed E-state index contributed by atoms with van der Waals surface area (Å²) in [7, 11) is 1.63. The number of hydrogen-bond acceptors (Lipinski definition) is 4. The molecule has 0 aliphatic carbocycles. The fraction of sp³-hybridized carbons (Fsp3) is 0.611. The minimum atomic E-state index is 0.226. The second kappa shape index (κ2) is 7.62. The first kappa shape index (κ1) is 17.4. The minimum absolute atomic E-state index is 0.226. The average Bonchev–Trinajstić information content (AvgIpc) is 3.04. The Hall–Kier alpha value is -1.46. The summed E-state index contributed by atoms with van der Waals surface area (Å²) in [5.74, 6) is 0.963. The molecule has 6 heteroatoms. The van der Waals surface area contributed by atoms with Crippen molar-refractivity contribution in [1.29, 1.82) is 0 Å². The van der Waals surface area contributed by atoms with E-state index in [1.165, 1.54) is 6.42 Å². The van der Waals surface area contributed by atoms with Crippen molar-refractivity contribution in [1.82, 2.24) is 10.2 Å². The molecule has 0 bridgehead atoms. The summed E-state index contributed by atoms with van der Waals surface area (Å²) in [5.41, 5.74) is 1.27. The standard InChI is InChI=1S/C18H26ClN3O2/c1-24-16-3-2-14(19)12-15(16)21-8-4-17(23)22-10-6-18(7-11-22)5-9-20-13-18/h2-3,12,20-21H,4-11,13H2,1H3. The van der Waals surface area contributed by atoms with Crippen molar-refractivity contribution in [2.75, 3.05) is 45.2 Å². The minimum Gasteiger partial charge on any atom is -0.495 e. The van der Waals surface area contributed by atoms with Gasteiger partial charge in [0.1, 0.15) is 5.75 Å². The van der Waals surface area contributed by atoms with Gasteiger partial charge in [-0.2, -0.15) is 0 Å². The number of carbonyl (C=O) groups excluding carboxylic acids is 1. The van der Waals surface area contributed by atoms with Crippen molar-refractivity contribution in [3.63, 3.8) is 0 Å². The molecule has 1 aromatic carbocycles. The van der Waals surface area contributed by atoms with E-state index in [2.05, 4.69) is 10.6 Å². The van der Waals surface area contributed by atoms with Gasteiger partial charge in [-0.25, -0.2) is 0 Å². The third-order valence-corrected chi connectivity index (χ3v) is 5.56. The number of benzene rings is 1. The number of amides is 1. The molecule has 1 spiro atoms. The lowest BCUT2D eigenvalue weighted by Gasteiger charge is -2.39. The summed E-state index contributed by atoms with van der Waals surface area (Å²) < 4.78 is 5.31. The lowest BCUT2D eigenvalue weighted by molar-refractivity contribution is -0.133. The molecule has 2 fully saturated rings. The van der Waals surface area contributed by atoms with Crippen LogP contribution in [0, 0.1) is 5.41 Å². The molecule has 2 heterocycles. The van der Waals surface area contributed by atoms with Crippen LogP contribution in [0.4, 0.5) is 5.69 Å². The predicted octanol–water partition coefficient (Wildman–Crippen LogP) is 2.75. The molecule has 2 aliphatic rings. The third-order valence-electron chi connectivity index (χ3n) is 5.32. The van der Waals surface area contributed by atoms with Crippen molar-refractivity contribution < 1.29 is 9.53 Å². The van der Waals surface area contributed by atoms with Crippen molar-refractivity contribution >= 4 is 23.2 Å². The number of hydrogen-bond donors (Lipinski definition) is 2. The van der Waals surface area contributed by atoms with Gasteiger partial charge in [0.15, 0.2) is 0 Å². The van der Waals surface area contributed by atoms with Crippen LogP contribution in [0.25, 0.3) is 0 Å². The van der Waals surface area contributed by atoms with Crippen molar-refractivity contribution in [3.8, 4) is 5.75 Å². The van der Waals surface area contributed by atoms with Crippen molar-refractivity contribution in [2.45, 2.75) is 25.7 Å². The van der Waals surface area contributed by atoms with Gasteiger partial charge in [0.05, 0.1) is 12.8 Å². The number of halogens is 1. The lowest BCUT2D eigenvalue weighted by atomic mass is 9.78. The molecule has 0 saturated carbocycles. The first-order valence-electron chi connectivity index (χ1n) is 8.68. The Bertz CT molecular complexity index is 578. The number of likely N-dealkylation sites (tertiary alicyclic amines) is 1. The molecule has 2 saturated heterocycles. The van der Waals surface area contributed by atoms with Gasteiger partial charge in [0, 0.05) is 37.6 Å². The van der Waals surface area contributed by atoms with E-state index in [-0.39, 0.29) is 5.91 Å². The molecule has 1 amide bonds. The lowest BCUT2D eigenvalue weighted by Crippen LogP contribution is -2.44. The maximum Gasteiger partial charge on any atom is 0.224 e. The van der Waals surface area contributed by atoms with E-state index >= 15 is 0 Å². The van der Waals surface area contributed by atoms with Crippen LogP contribution in [0.15, 0.2) is 18.2 Å². The topological polar surface area (TPSA) is 53.6 Å². The van der Waals surface area contributed by atoms with E-state index in [4.69, 9.17) is 16.3 Å². The second-order valence-electron chi connectivity index (χ2n) is 6.83. The largest absolute Gasteiger partial charge is 0.495 e. The van der Waals surface area contributed by atoms with Crippen LogP contribution >= 0.6 is 11.6 Å². The van der Waals surface area contributed by atoms with E-state index in [0.29, 0.717) is 23.4 Å². The quantitative estimate of drug-likeness (QED) is 0.856. The first-order chi connectivity index (χ1) is 11.6. The molecule has 0 atom stereocenters. The number of methoxy groups -OCH3 is 1. The fourth-order valence-electron chi connectivity index (χ4n) is 3.73. The third kappa shape index (κ3) is 3.95. The maximum absolute atomic E-state index is 12.4. The van der Waals surface area contributed by atoms with E-state index in [1.54, 1.807) is 13.2 Å². The maximum atomic E-state index is 12.4. The highest BCUT2D eigenvalue weighted by Gasteiger charge is 2.37. The normalized spacial score (nSPS) is 19.5. The highest BCUT2D eigenvalue weighted by molar-refractivity contribution is 6.30.